The summed E-state index contributed by atoms with van der Waals surface area (Å²) in [7, 11) is 3.28. The van der Waals surface area contributed by atoms with Gasteiger partial charge in [0.1, 0.15) is 17.3 Å². The topological polar surface area (TPSA) is 60.7 Å². The predicted molar refractivity (Wildman–Crippen MR) is 134 cm³/mol. The maximum Gasteiger partial charge on any atom is 0.202 e. The molecule has 0 spiro atoms. The molecule has 4 aromatic rings. The predicted octanol–water partition coefficient (Wildman–Crippen LogP) is 7.07. The molecule has 0 aliphatic heterocycles. The van der Waals surface area contributed by atoms with Gasteiger partial charge < -0.3 is 19.2 Å². The van der Waals surface area contributed by atoms with Crippen molar-refractivity contribution in [2.45, 2.75) is 38.1 Å². The summed E-state index contributed by atoms with van der Waals surface area (Å²) in [5.41, 5.74) is 3.75. The molecule has 6 rings (SSSR count). The Balaban J connectivity index is 1.64. The van der Waals surface area contributed by atoms with E-state index in [-0.39, 0.29) is 5.78 Å². The smallest absolute Gasteiger partial charge is 0.202 e. The number of hydrogen-bond donors (Lipinski definition) is 1. The summed E-state index contributed by atoms with van der Waals surface area (Å²) in [6.45, 7) is 0. The van der Waals surface area contributed by atoms with E-state index in [0.717, 1.165) is 40.3 Å². The van der Waals surface area contributed by atoms with E-state index in [4.69, 9.17) is 13.9 Å². The maximum atomic E-state index is 14.0. The fourth-order valence-corrected chi connectivity index (χ4v) is 5.49. The highest BCUT2D eigenvalue weighted by Crippen LogP contribution is 2.50. The van der Waals surface area contributed by atoms with Crippen LogP contribution in [0.15, 0.2) is 59.0 Å². The van der Waals surface area contributed by atoms with Gasteiger partial charge in [-0.15, -0.1) is 0 Å². The van der Waals surface area contributed by atoms with E-state index >= 15 is 0 Å². The zero-order valence-corrected chi connectivity index (χ0v) is 19.4. The van der Waals surface area contributed by atoms with Crippen LogP contribution in [0.2, 0.25) is 0 Å². The third kappa shape index (κ3) is 3.18. The van der Waals surface area contributed by atoms with E-state index in [0.29, 0.717) is 40.3 Å². The molecule has 2 aliphatic rings. The normalized spacial score (nSPS) is 15.3. The molecule has 0 radical (unpaired) electrons. The zero-order valence-electron chi connectivity index (χ0n) is 19.4. The lowest BCUT2D eigenvalue weighted by atomic mass is 9.84. The summed E-state index contributed by atoms with van der Waals surface area (Å²) in [5.74, 6) is 2.58. The molecule has 1 aromatic heterocycles. The Kier molecular flexibility index (Phi) is 5.05. The molecule has 5 heteroatoms. The number of hydrogen-bond acceptors (Lipinski definition) is 5. The van der Waals surface area contributed by atoms with Gasteiger partial charge in [-0.05, 0) is 36.4 Å². The highest BCUT2D eigenvalue weighted by atomic mass is 16.5. The molecule has 0 unspecified atom stereocenters. The van der Waals surface area contributed by atoms with Gasteiger partial charge in [0.15, 0.2) is 5.78 Å². The van der Waals surface area contributed by atoms with Crippen LogP contribution in [-0.4, -0.2) is 26.0 Å². The van der Waals surface area contributed by atoms with Gasteiger partial charge >= 0.3 is 0 Å². The van der Waals surface area contributed by atoms with Crippen molar-refractivity contribution < 1.29 is 18.7 Å². The molecule has 2 aliphatic carbocycles. The van der Waals surface area contributed by atoms with Gasteiger partial charge in [0.05, 0.1) is 25.3 Å². The molecule has 1 N–H and O–H groups in total. The summed E-state index contributed by atoms with van der Waals surface area (Å²) < 4.78 is 17.8. The van der Waals surface area contributed by atoms with Crippen molar-refractivity contribution >= 4 is 22.4 Å². The highest BCUT2D eigenvalue weighted by Gasteiger charge is 2.35. The minimum atomic E-state index is -0.0281. The number of carbonyl (C=O) groups excluding carboxylic acids is 1. The third-order valence-electron chi connectivity index (χ3n) is 7.15. The van der Waals surface area contributed by atoms with E-state index < -0.39 is 0 Å². The van der Waals surface area contributed by atoms with Gasteiger partial charge in [-0.1, -0.05) is 55.7 Å². The van der Waals surface area contributed by atoms with Gasteiger partial charge in [0, 0.05) is 28.1 Å². The second-order valence-electron chi connectivity index (χ2n) is 9.09. The maximum absolute atomic E-state index is 14.0. The summed E-state index contributed by atoms with van der Waals surface area (Å²) in [6, 6.07) is 18.0. The van der Waals surface area contributed by atoms with Gasteiger partial charge in [-0.25, -0.2) is 0 Å². The minimum absolute atomic E-state index is 0.0281. The Morgan fingerprint density at radius 1 is 0.853 bits per heavy atom. The molecule has 1 heterocycles. The van der Waals surface area contributed by atoms with Crippen LogP contribution < -0.4 is 14.8 Å². The fourth-order valence-electron chi connectivity index (χ4n) is 5.49. The Hall–Kier alpha value is -3.73. The van der Waals surface area contributed by atoms with Gasteiger partial charge in [0.2, 0.25) is 5.88 Å². The largest absolute Gasteiger partial charge is 0.497 e. The number of fused-ring (bicyclic) bond motifs is 2. The van der Waals surface area contributed by atoms with Crippen LogP contribution in [0.1, 0.15) is 48.0 Å². The molecular formula is C29H27NO4. The van der Waals surface area contributed by atoms with Crippen molar-refractivity contribution in [2.24, 2.45) is 0 Å². The average molecular weight is 454 g/mol. The molecule has 0 bridgehead atoms. The third-order valence-corrected chi connectivity index (χ3v) is 7.15. The number of ether oxygens (including phenoxy) is 2. The Morgan fingerprint density at radius 2 is 1.62 bits per heavy atom. The van der Waals surface area contributed by atoms with E-state index in [9.17, 15) is 4.79 Å². The number of anilines is 1. The van der Waals surface area contributed by atoms with E-state index in [1.165, 1.54) is 19.3 Å². The number of benzene rings is 3. The second kappa shape index (κ2) is 8.24. The molecule has 3 aromatic carbocycles. The van der Waals surface area contributed by atoms with E-state index in [2.05, 4.69) is 5.32 Å². The van der Waals surface area contributed by atoms with E-state index in [1.54, 1.807) is 14.2 Å². The lowest BCUT2D eigenvalue weighted by molar-refractivity contribution is 0.104. The Morgan fingerprint density at radius 3 is 2.35 bits per heavy atom. The monoisotopic (exact) mass is 453 g/mol. The quantitative estimate of drug-likeness (QED) is 0.308. The molecule has 0 amide bonds. The molecule has 5 nitrogen and oxygen atoms in total. The van der Waals surface area contributed by atoms with Crippen LogP contribution in [0.3, 0.4) is 0 Å². The SMILES string of the molecule is COc1ccc(OC)c(-c2c(NC3CCCCC3)oc3c2C(=O)c2cccc4cccc-3c24)c1. The van der Waals surface area contributed by atoms with Crippen LogP contribution in [0.4, 0.5) is 5.88 Å². The number of methoxy groups -OCH3 is 2. The lowest BCUT2D eigenvalue weighted by Gasteiger charge is -2.23. The lowest BCUT2D eigenvalue weighted by Crippen LogP contribution is -2.22. The molecular weight excluding hydrogens is 426 g/mol. The Bertz CT molecular complexity index is 1410. The van der Waals surface area contributed by atoms with Crippen molar-refractivity contribution in [2.75, 3.05) is 19.5 Å². The Labute approximate surface area is 198 Å². The summed E-state index contributed by atoms with van der Waals surface area (Å²) in [6.07, 6.45) is 5.83. The highest BCUT2D eigenvalue weighted by molar-refractivity contribution is 6.28. The van der Waals surface area contributed by atoms with Crippen molar-refractivity contribution in [3.05, 3.63) is 65.7 Å². The number of furan rings is 1. The van der Waals surface area contributed by atoms with E-state index in [1.807, 2.05) is 54.6 Å². The summed E-state index contributed by atoms with van der Waals surface area (Å²) >= 11 is 0. The van der Waals surface area contributed by atoms with Crippen molar-refractivity contribution in [1.82, 2.24) is 0 Å². The summed E-state index contributed by atoms with van der Waals surface area (Å²) in [5, 5.41) is 5.64. The first-order chi connectivity index (χ1) is 16.7. The molecule has 1 saturated carbocycles. The molecule has 172 valence electrons. The standard InChI is InChI=1S/C29H27NO4/c1-32-19-14-15-23(33-2)22(16-19)25-26-27(31)20-12-6-8-17-9-7-13-21(24(17)20)28(26)34-29(25)30-18-10-4-3-5-11-18/h6-9,12-16,18,30H,3-5,10-11H2,1-2H3. The van der Waals surface area contributed by atoms with Crippen molar-refractivity contribution in [1.29, 1.82) is 0 Å². The zero-order chi connectivity index (χ0) is 23.2. The van der Waals surface area contributed by atoms with Crippen molar-refractivity contribution in [3.63, 3.8) is 0 Å². The molecule has 0 saturated heterocycles. The number of carbonyl (C=O) groups is 1. The van der Waals surface area contributed by atoms with Crippen LogP contribution in [0.5, 0.6) is 11.5 Å². The minimum Gasteiger partial charge on any atom is -0.497 e. The van der Waals surface area contributed by atoms with Crippen molar-refractivity contribution in [3.8, 4) is 33.9 Å². The molecule has 1 fully saturated rings. The molecule has 0 atom stereocenters. The van der Waals surface area contributed by atoms with Gasteiger partial charge in [-0.2, -0.15) is 0 Å². The fraction of sp³-hybridized carbons (Fsp3) is 0.276. The number of rotatable bonds is 5. The number of nitrogens with one attached hydrogen (secondary N) is 1. The van der Waals surface area contributed by atoms with Crippen LogP contribution in [0, 0.1) is 0 Å². The van der Waals surface area contributed by atoms with Gasteiger partial charge in [0.25, 0.3) is 0 Å². The first-order valence-electron chi connectivity index (χ1n) is 11.9. The first-order valence-corrected chi connectivity index (χ1v) is 11.9. The van der Waals surface area contributed by atoms with Crippen LogP contribution >= 0.6 is 0 Å². The second-order valence-corrected chi connectivity index (χ2v) is 9.09. The summed E-state index contributed by atoms with van der Waals surface area (Å²) in [4.78, 5) is 14.0. The van der Waals surface area contributed by atoms with Gasteiger partial charge in [-0.3, -0.25) is 4.79 Å². The van der Waals surface area contributed by atoms with Crippen LogP contribution in [0.25, 0.3) is 33.2 Å². The van der Waals surface area contributed by atoms with Crippen LogP contribution in [-0.2, 0) is 0 Å². The average Bonchev–Trinajstić information content (AvgIpc) is 3.26. The number of ketones is 1. The molecule has 34 heavy (non-hydrogen) atoms. The first kappa shape index (κ1) is 20.8.